The van der Waals surface area contributed by atoms with Gasteiger partial charge >= 0.3 is 0 Å². The Kier molecular flexibility index (Phi) is 5.27. The van der Waals surface area contributed by atoms with Gasteiger partial charge in [-0.2, -0.15) is 0 Å². The lowest BCUT2D eigenvalue weighted by molar-refractivity contribution is 0.395. The van der Waals surface area contributed by atoms with Gasteiger partial charge < -0.3 is 0 Å². The van der Waals surface area contributed by atoms with Crippen molar-refractivity contribution >= 4 is 0 Å². The summed E-state index contributed by atoms with van der Waals surface area (Å²) in [6.07, 6.45) is 4.61. The van der Waals surface area contributed by atoms with Gasteiger partial charge in [-0.05, 0) is 39.5 Å². The first-order valence-corrected chi connectivity index (χ1v) is 5.99. The van der Waals surface area contributed by atoms with Crippen LogP contribution in [-0.4, -0.2) is 0 Å². The van der Waals surface area contributed by atoms with Crippen LogP contribution in [0.15, 0.2) is 0 Å². The van der Waals surface area contributed by atoms with E-state index in [-0.39, 0.29) is 10.8 Å². The number of rotatable bonds is 4. The van der Waals surface area contributed by atoms with Crippen molar-refractivity contribution in [1.82, 2.24) is 0 Å². The Morgan fingerprint density at radius 3 is 1.00 bits per heavy atom. The maximum Gasteiger partial charge on any atom is 0.0281 e. The molecule has 0 aromatic carbocycles. The van der Waals surface area contributed by atoms with E-state index in [0.717, 1.165) is 25.7 Å². The summed E-state index contributed by atoms with van der Waals surface area (Å²) in [5.41, 5.74) is 0.456. The van der Waals surface area contributed by atoms with Crippen molar-refractivity contribution < 1.29 is 0 Å². The molecule has 0 unspecified atom stereocenters. The minimum absolute atomic E-state index is 0.228. The summed E-state index contributed by atoms with van der Waals surface area (Å²) in [5, 5.41) is 0. The van der Waals surface area contributed by atoms with Gasteiger partial charge in [-0.1, -0.05) is 39.5 Å². The predicted molar refractivity (Wildman–Crippen MR) is 65.2 cm³/mol. The third-order valence-electron chi connectivity index (χ3n) is 3.79. The average molecular weight is 194 g/mol. The zero-order chi connectivity index (χ0) is 11.2. The Labute approximate surface area is 90.5 Å². The number of hydrogen-bond donors (Lipinski definition) is 0. The molecule has 0 aromatic heterocycles. The lowest BCUT2D eigenvalue weighted by Gasteiger charge is -2.23. The molecule has 0 N–H and O–H groups in total. The van der Waals surface area contributed by atoms with Gasteiger partial charge in [-0.3, -0.25) is 0 Å². The highest BCUT2D eigenvalue weighted by molar-refractivity contribution is 5.16. The minimum atomic E-state index is 0.228. The van der Waals surface area contributed by atoms with Gasteiger partial charge in [0.25, 0.3) is 0 Å². The second-order valence-electron chi connectivity index (χ2n) is 4.79. The molecule has 0 aliphatic rings. The van der Waals surface area contributed by atoms with Crippen LogP contribution in [0.1, 0.15) is 67.2 Å². The highest BCUT2D eigenvalue weighted by Crippen LogP contribution is 2.28. The van der Waals surface area contributed by atoms with E-state index in [2.05, 4.69) is 53.4 Å². The third kappa shape index (κ3) is 3.74. The Morgan fingerprint density at radius 2 is 0.857 bits per heavy atom. The van der Waals surface area contributed by atoms with E-state index in [1.54, 1.807) is 0 Å². The fraction of sp³-hybridized carbons (Fsp3) is 0.857. The fourth-order valence-electron chi connectivity index (χ4n) is 1.16. The Hall–Kier alpha value is -0.440. The van der Waals surface area contributed by atoms with E-state index in [1.165, 1.54) is 0 Å². The van der Waals surface area contributed by atoms with E-state index < -0.39 is 0 Å². The van der Waals surface area contributed by atoms with Crippen LogP contribution in [0.5, 0.6) is 0 Å². The Morgan fingerprint density at radius 1 is 0.643 bits per heavy atom. The van der Waals surface area contributed by atoms with Gasteiger partial charge in [-0.25, -0.2) is 0 Å². The standard InChI is InChI=1S/C14H26/c1-7-13(5,8-2)11-12-14(6,9-3)10-4/h7-10H2,1-6H3. The average Bonchev–Trinajstić information content (AvgIpc) is 2.25. The molecule has 0 aromatic rings. The van der Waals surface area contributed by atoms with Crippen LogP contribution in [0.2, 0.25) is 0 Å². The molecule has 0 bridgehead atoms. The lowest BCUT2D eigenvalue weighted by atomic mass is 9.81. The molecule has 0 spiro atoms. The Balaban J connectivity index is 4.69. The quantitative estimate of drug-likeness (QED) is 0.572. The molecule has 0 nitrogen and oxygen atoms in total. The summed E-state index contributed by atoms with van der Waals surface area (Å²) in [7, 11) is 0. The molecule has 14 heavy (non-hydrogen) atoms. The summed E-state index contributed by atoms with van der Waals surface area (Å²) in [6, 6.07) is 0. The smallest absolute Gasteiger partial charge is 0.0281 e. The number of hydrogen-bond acceptors (Lipinski definition) is 0. The zero-order valence-corrected chi connectivity index (χ0v) is 10.8. The van der Waals surface area contributed by atoms with Crippen LogP contribution >= 0.6 is 0 Å². The zero-order valence-electron chi connectivity index (χ0n) is 10.8. The lowest BCUT2D eigenvalue weighted by Crippen LogP contribution is -2.15. The van der Waals surface area contributed by atoms with Gasteiger partial charge in [0.1, 0.15) is 0 Å². The third-order valence-corrected chi connectivity index (χ3v) is 3.79. The fourth-order valence-corrected chi connectivity index (χ4v) is 1.16. The summed E-state index contributed by atoms with van der Waals surface area (Å²) in [5.74, 6) is 6.98. The molecule has 0 aliphatic heterocycles. The molecule has 82 valence electrons. The molecule has 0 rings (SSSR count). The van der Waals surface area contributed by atoms with Crippen molar-refractivity contribution in [3.8, 4) is 11.8 Å². The molecule has 0 heteroatoms. The van der Waals surface area contributed by atoms with Gasteiger partial charge in [0.05, 0.1) is 0 Å². The van der Waals surface area contributed by atoms with E-state index in [4.69, 9.17) is 0 Å². The van der Waals surface area contributed by atoms with Crippen molar-refractivity contribution in [1.29, 1.82) is 0 Å². The van der Waals surface area contributed by atoms with Crippen LogP contribution in [0.4, 0.5) is 0 Å². The largest absolute Gasteiger partial charge is 0.0962 e. The molecule has 0 saturated carbocycles. The highest BCUT2D eigenvalue weighted by Gasteiger charge is 2.19. The molecule has 0 radical (unpaired) electrons. The molecular weight excluding hydrogens is 168 g/mol. The van der Waals surface area contributed by atoms with E-state index in [1.807, 2.05) is 0 Å². The first kappa shape index (κ1) is 13.6. The molecule has 0 aliphatic carbocycles. The SMILES string of the molecule is CCC(C)(C#CC(C)(CC)CC)CC. The van der Waals surface area contributed by atoms with E-state index in [9.17, 15) is 0 Å². The van der Waals surface area contributed by atoms with Gasteiger partial charge in [-0.15, -0.1) is 0 Å². The van der Waals surface area contributed by atoms with Crippen molar-refractivity contribution in [2.45, 2.75) is 67.2 Å². The van der Waals surface area contributed by atoms with Crippen molar-refractivity contribution in [2.24, 2.45) is 10.8 Å². The highest BCUT2D eigenvalue weighted by atomic mass is 14.2. The van der Waals surface area contributed by atoms with E-state index >= 15 is 0 Å². The molecular formula is C14H26. The van der Waals surface area contributed by atoms with E-state index in [0.29, 0.717) is 0 Å². The van der Waals surface area contributed by atoms with Gasteiger partial charge in [0.15, 0.2) is 0 Å². The molecule has 0 amide bonds. The Bertz CT molecular complexity index is 184. The normalized spacial score (nSPS) is 12.1. The van der Waals surface area contributed by atoms with Gasteiger partial charge in [0, 0.05) is 10.8 Å². The van der Waals surface area contributed by atoms with Gasteiger partial charge in [0.2, 0.25) is 0 Å². The van der Waals surface area contributed by atoms with Crippen LogP contribution in [0.3, 0.4) is 0 Å². The second-order valence-corrected chi connectivity index (χ2v) is 4.79. The van der Waals surface area contributed by atoms with Crippen molar-refractivity contribution in [2.75, 3.05) is 0 Å². The second kappa shape index (κ2) is 5.44. The molecule has 0 fully saturated rings. The van der Waals surface area contributed by atoms with Crippen LogP contribution < -0.4 is 0 Å². The molecule has 0 heterocycles. The summed E-state index contributed by atoms with van der Waals surface area (Å²) in [6.45, 7) is 13.5. The topological polar surface area (TPSA) is 0 Å². The summed E-state index contributed by atoms with van der Waals surface area (Å²) < 4.78 is 0. The maximum absolute atomic E-state index is 3.49. The van der Waals surface area contributed by atoms with Crippen LogP contribution in [0, 0.1) is 22.7 Å². The summed E-state index contributed by atoms with van der Waals surface area (Å²) in [4.78, 5) is 0. The minimum Gasteiger partial charge on any atom is -0.0962 e. The monoisotopic (exact) mass is 194 g/mol. The molecule has 0 atom stereocenters. The molecule has 0 saturated heterocycles. The van der Waals surface area contributed by atoms with Crippen molar-refractivity contribution in [3.05, 3.63) is 0 Å². The summed E-state index contributed by atoms with van der Waals surface area (Å²) >= 11 is 0. The van der Waals surface area contributed by atoms with Crippen LogP contribution in [-0.2, 0) is 0 Å². The first-order chi connectivity index (χ1) is 6.45. The van der Waals surface area contributed by atoms with Crippen LogP contribution in [0.25, 0.3) is 0 Å². The predicted octanol–water partition coefficient (Wildman–Crippen LogP) is 4.64. The first-order valence-electron chi connectivity index (χ1n) is 5.99. The van der Waals surface area contributed by atoms with Crippen molar-refractivity contribution in [3.63, 3.8) is 0 Å². The maximum atomic E-state index is 3.49.